The summed E-state index contributed by atoms with van der Waals surface area (Å²) in [6, 6.07) is 16.5. The number of nitrogens with zero attached hydrogens (tertiary/aromatic N) is 5. The number of hydrogen-bond acceptors (Lipinski definition) is 7. The molecule has 0 bridgehead atoms. The molecule has 9 nitrogen and oxygen atoms in total. The second-order valence-corrected chi connectivity index (χ2v) is 7.25. The Balaban J connectivity index is 1.46. The predicted molar refractivity (Wildman–Crippen MR) is 115 cm³/mol. The van der Waals surface area contributed by atoms with Gasteiger partial charge in [-0.25, -0.2) is 9.97 Å². The van der Waals surface area contributed by atoms with E-state index in [1.54, 1.807) is 28.9 Å². The van der Waals surface area contributed by atoms with Crippen LogP contribution in [0.4, 0.5) is 11.4 Å². The first-order valence-corrected chi connectivity index (χ1v) is 10.0. The number of para-hydroxylation sites is 1. The summed E-state index contributed by atoms with van der Waals surface area (Å²) in [5.41, 5.74) is 3.15. The number of aromatic nitrogens is 5. The highest BCUT2D eigenvalue weighted by molar-refractivity contribution is 8.00. The molecule has 0 aliphatic carbocycles. The molecule has 10 heteroatoms. The maximum Gasteiger partial charge on any atom is 0.234 e. The van der Waals surface area contributed by atoms with Gasteiger partial charge in [-0.15, -0.1) is 5.10 Å². The minimum absolute atomic E-state index is 0.134. The zero-order chi connectivity index (χ0) is 20.9. The summed E-state index contributed by atoms with van der Waals surface area (Å²) in [6.45, 7) is 1.43. The van der Waals surface area contributed by atoms with Crippen LogP contribution in [0.15, 0.2) is 66.0 Å². The lowest BCUT2D eigenvalue weighted by Crippen LogP contribution is -2.14. The van der Waals surface area contributed by atoms with Crippen molar-refractivity contribution in [2.75, 3.05) is 16.4 Å². The van der Waals surface area contributed by atoms with E-state index in [-0.39, 0.29) is 17.6 Å². The van der Waals surface area contributed by atoms with E-state index < -0.39 is 0 Å². The van der Waals surface area contributed by atoms with E-state index in [9.17, 15) is 9.59 Å². The Labute approximate surface area is 175 Å². The third-order valence-electron chi connectivity index (χ3n) is 4.01. The third-order valence-corrected chi connectivity index (χ3v) is 4.99. The van der Waals surface area contributed by atoms with E-state index in [2.05, 4.69) is 30.9 Å². The molecule has 0 unspecified atom stereocenters. The molecule has 0 aliphatic rings. The normalized spacial score (nSPS) is 10.7. The average molecular weight is 419 g/mol. The van der Waals surface area contributed by atoms with Gasteiger partial charge in [0.05, 0.1) is 11.4 Å². The molecule has 0 radical (unpaired) electrons. The molecule has 4 aromatic rings. The Morgan fingerprint density at radius 1 is 1.00 bits per heavy atom. The summed E-state index contributed by atoms with van der Waals surface area (Å²) >= 11 is 1.25. The van der Waals surface area contributed by atoms with Crippen molar-refractivity contribution in [3.8, 4) is 5.69 Å². The first-order valence-electron chi connectivity index (χ1n) is 9.02. The smallest absolute Gasteiger partial charge is 0.234 e. The standard InChI is InChI=1S/C20H17N7O2S/c1-13(28)23-14-6-5-7-15(10-14)24-17(29)11-30-20-18-19(21-12-22-20)27(26-25-18)16-8-3-2-4-9-16/h2-10,12H,11H2,1H3,(H,23,28)(H,24,29). The number of carbonyl (C=O) groups is 2. The van der Waals surface area contributed by atoms with Crippen LogP contribution >= 0.6 is 11.8 Å². The van der Waals surface area contributed by atoms with Gasteiger partial charge in [0.1, 0.15) is 11.4 Å². The second-order valence-electron chi connectivity index (χ2n) is 6.29. The zero-order valence-electron chi connectivity index (χ0n) is 15.9. The maximum absolute atomic E-state index is 12.4. The summed E-state index contributed by atoms with van der Waals surface area (Å²) < 4.78 is 1.63. The van der Waals surface area contributed by atoms with E-state index in [0.29, 0.717) is 27.6 Å². The van der Waals surface area contributed by atoms with Gasteiger partial charge in [-0.05, 0) is 30.3 Å². The molecule has 0 spiro atoms. The molecule has 0 fully saturated rings. The number of fused-ring (bicyclic) bond motifs is 1. The van der Waals surface area contributed by atoms with Crippen LogP contribution in [-0.2, 0) is 9.59 Å². The van der Waals surface area contributed by atoms with Gasteiger partial charge in [0.15, 0.2) is 11.2 Å². The number of benzene rings is 2. The number of hydrogen-bond donors (Lipinski definition) is 2. The Morgan fingerprint density at radius 2 is 1.77 bits per heavy atom. The Bertz CT molecular complexity index is 1210. The van der Waals surface area contributed by atoms with Crippen molar-refractivity contribution in [3.05, 3.63) is 60.9 Å². The number of carbonyl (C=O) groups excluding carboxylic acids is 2. The van der Waals surface area contributed by atoms with Gasteiger partial charge in [0, 0.05) is 18.3 Å². The molecule has 0 saturated heterocycles. The first kappa shape index (κ1) is 19.5. The highest BCUT2D eigenvalue weighted by Gasteiger charge is 2.14. The SMILES string of the molecule is CC(=O)Nc1cccc(NC(=O)CSc2ncnc3c2nnn3-c2ccccc2)c1. The summed E-state index contributed by atoms with van der Waals surface area (Å²) in [7, 11) is 0. The number of rotatable bonds is 6. The van der Waals surface area contributed by atoms with E-state index in [1.165, 1.54) is 25.0 Å². The van der Waals surface area contributed by atoms with Crippen molar-refractivity contribution >= 4 is 46.1 Å². The minimum atomic E-state index is -0.206. The number of amides is 2. The summed E-state index contributed by atoms with van der Waals surface area (Å²) in [5, 5.41) is 14.4. The van der Waals surface area contributed by atoms with Crippen molar-refractivity contribution in [2.45, 2.75) is 11.9 Å². The molecule has 2 aromatic heterocycles. The third kappa shape index (κ3) is 4.44. The van der Waals surface area contributed by atoms with Crippen LogP contribution < -0.4 is 10.6 Å². The molecular formula is C20H17N7O2S. The van der Waals surface area contributed by atoms with E-state index >= 15 is 0 Å². The van der Waals surface area contributed by atoms with Crippen molar-refractivity contribution in [1.82, 2.24) is 25.0 Å². The zero-order valence-corrected chi connectivity index (χ0v) is 16.8. The van der Waals surface area contributed by atoms with Crippen LogP contribution in [0, 0.1) is 0 Å². The molecule has 0 aliphatic heterocycles. The number of anilines is 2. The number of thioether (sulfide) groups is 1. The highest BCUT2D eigenvalue weighted by Crippen LogP contribution is 2.24. The predicted octanol–water partition coefficient (Wildman–Crippen LogP) is 2.90. The van der Waals surface area contributed by atoms with Gasteiger partial charge < -0.3 is 10.6 Å². The Kier molecular flexibility index (Phi) is 5.66. The highest BCUT2D eigenvalue weighted by atomic mass is 32.2. The van der Waals surface area contributed by atoms with E-state index in [4.69, 9.17) is 0 Å². The van der Waals surface area contributed by atoms with Crippen molar-refractivity contribution in [2.24, 2.45) is 0 Å². The molecule has 30 heavy (non-hydrogen) atoms. The molecule has 2 heterocycles. The monoisotopic (exact) mass is 419 g/mol. The molecule has 2 amide bonds. The van der Waals surface area contributed by atoms with Gasteiger partial charge in [-0.3, -0.25) is 9.59 Å². The number of nitrogens with one attached hydrogen (secondary N) is 2. The van der Waals surface area contributed by atoms with E-state index in [0.717, 1.165) is 5.69 Å². The summed E-state index contributed by atoms with van der Waals surface area (Å²) in [5.74, 6) is -0.248. The molecule has 0 atom stereocenters. The maximum atomic E-state index is 12.4. The lowest BCUT2D eigenvalue weighted by molar-refractivity contribution is -0.114. The molecular weight excluding hydrogens is 402 g/mol. The van der Waals surface area contributed by atoms with Crippen LogP contribution in [0.3, 0.4) is 0 Å². The molecule has 2 N–H and O–H groups in total. The van der Waals surface area contributed by atoms with Gasteiger partial charge in [0.2, 0.25) is 11.8 Å². The van der Waals surface area contributed by atoms with Crippen LogP contribution in [-0.4, -0.2) is 42.5 Å². The van der Waals surface area contributed by atoms with Crippen molar-refractivity contribution in [1.29, 1.82) is 0 Å². The van der Waals surface area contributed by atoms with Crippen molar-refractivity contribution in [3.63, 3.8) is 0 Å². The fourth-order valence-corrected chi connectivity index (χ4v) is 3.52. The molecule has 150 valence electrons. The lowest BCUT2D eigenvalue weighted by atomic mass is 10.2. The average Bonchev–Trinajstić information content (AvgIpc) is 3.17. The Hall–Kier alpha value is -3.79. The quantitative estimate of drug-likeness (QED) is 0.365. The lowest BCUT2D eigenvalue weighted by Gasteiger charge is -2.07. The largest absolute Gasteiger partial charge is 0.326 e. The second kappa shape index (κ2) is 8.70. The molecule has 2 aromatic carbocycles. The first-order chi connectivity index (χ1) is 14.6. The Morgan fingerprint density at radius 3 is 2.53 bits per heavy atom. The van der Waals surface area contributed by atoms with Gasteiger partial charge in [0.25, 0.3) is 0 Å². The van der Waals surface area contributed by atoms with Crippen LogP contribution in [0.2, 0.25) is 0 Å². The minimum Gasteiger partial charge on any atom is -0.326 e. The molecule has 4 rings (SSSR count). The van der Waals surface area contributed by atoms with E-state index in [1.807, 2.05) is 30.3 Å². The van der Waals surface area contributed by atoms with Crippen LogP contribution in [0.25, 0.3) is 16.9 Å². The van der Waals surface area contributed by atoms with Gasteiger partial charge in [-0.1, -0.05) is 41.2 Å². The summed E-state index contributed by atoms with van der Waals surface area (Å²) in [4.78, 5) is 32.1. The van der Waals surface area contributed by atoms with Crippen molar-refractivity contribution < 1.29 is 9.59 Å². The van der Waals surface area contributed by atoms with Crippen LogP contribution in [0.1, 0.15) is 6.92 Å². The molecule has 0 saturated carbocycles. The van der Waals surface area contributed by atoms with Crippen LogP contribution in [0.5, 0.6) is 0 Å². The topological polar surface area (TPSA) is 115 Å². The fraction of sp³-hybridized carbons (Fsp3) is 0.100. The fourth-order valence-electron chi connectivity index (χ4n) is 2.79. The van der Waals surface area contributed by atoms with Gasteiger partial charge >= 0.3 is 0 Å². The van der Waals surface area contributed by atoms with Gasteiger partial charge in [-0.2, -0.15) is 4.68 Å². The summed E-state index contributed by atoms with van der Waals surface area (Å²) in [6.07, 6.45) is 1.43.